The lowest BCUT2D eigenvalue weighted by atomic mass is 10.2. The van der Waals surface area contributed by atoms with E-state index in [0.29, 0.717) is 5.92 Å². The zero-order valence-electron chi connectivity index (χ0n) is 9.14. The highest BCUT2D eigenvalue weighted by atomic mass is 15.3. The van der Waals surface area contributed by atoms with Gasteiger partial charge in [-0.1, -0.05) is 19.9 Å². The molecule has 0 saturated carbocycles. The maximum atomic E-state index is 4.14. The van der Waals surface area contributed by atoms with Crippen LogP contribution in [0.4, 0.5) is 0 Å². The number of pyridine rings is 1. The van der Waals surface area contributed by atoms with Crippen LogP contribution < -0.4 is 5.32 Å². The molecular weight excluding hydrogens is 188 g/mol. The first-order chi connectivity index (χ1) is 7.27. The predicted octanol–water partition coefficient (Wildman–Crippen LogP) is 1.47. The summed E-state index contributed by atoms with van der Waals surface area (Å²) in [6.07, 6.45) is 1.99. The van der Waals surface area contributed by atoms with E-state index >= 15 is 0 Å². The Morgan fingerprint density at radius 1 is 1.33 bits per heavy atom. The molecule has 80 valence electrons. The minimum Gasteiger partial charge on any atom is -0.310 e. The Hall–Kier alpha value is -1.42. The van der Waals surface area contributed by atoms with Crippen LogP contribution >= 0.6 is 0 Å². The van der Waals surface area contributed by atoms with Crippen LogP contribution in [0.1, 0.15) is 19.7 Å². The topological polar surface area (TPSA) is 42.2 Å². The van der Waals surface area contributed by atoms with Gasteiger partial charge in [0, 0.05) is 6.20 Å². The SMILES string of the molecule is CC(C)CNCc1nnc2ccccn12. The van der Waals surface area contributed by atoms with Crippen molar-refractivity contribution in [3.63, 3.8) is 0 Å². The minimum absolute atomic E-state index is 0.657. The van der Waals surface area contributed by atoms with Gasteiger partial charge in [-0.15, -0.1) is 10.2 Å². The Bertz CT molecular complexity index is 433. The largest absolute Gasteiger partial charge is 0.310 e. The minimum atomic E-state index is 0.657. The van der Waals surface area contributed by atoms with Crippen LogP contribution in [0.25, 0.3) is 5.65 Å². The number of rotatable bonds is 4. The number of hydrogen-bond donors (Lipinski definition) is 1. The van der Waals surface area contributed by atoms with Gasteiger partial charge >= 0.3 is 0 Å². The summed E-state index contributed by atoms with van der Waals surface area (Å²) in [5, 5.41) is 11.6. The summed E-state index contributed by atoms with van der Waals surface area (Å²) in [5.41, 5.74) is 0.902. The van der Waals surface area contributed by atoms with E-state index in [2.05, 4.69) is 29.4 Å². The molecular formula is C11H16N4. The molecule has 0 spiro atoms. The summed E-state index contributed by atoms with van der Waals surface area (Å²) in [4.78, 5) is 0. The monoisotopic (exact) mass is 204 g/mol. The molecule has 2 aromatic rings. The quantitative estimate of drug-likeness (QED) is 0.820. The second-order valence-corrected chi connectivity index (χ2v) is 4.07. The normalized spacial score (nSPS) is 11.4. The number of nitrogens with one attached hydrogen (secondary N) is 1. The van der Waals surface area contributed by atoms with Crippen molar-refractivity contribution >= 4 is 5.65 Å². The van der Waals surface area contributed by atoms with Crippen molar-refractivity contribution in [2.45, 2.75) is 20.4 Å². The molecule has 2 heterocycles. The average molecular weight is 204 g/mol. The van der Waals surface area contributed by atoms with Crippen molar-refractivity contribution in [2.75, 3.05) is 6.54 Å². The second kappa shape index (κ2) is 4.40. The summed E-state index contributed by atoms with van der Waals surface area (Å²) < 4.78 is 2.01. The van der Waals surface area contributed by atoms with Gasteiger partial charge in [0.25, 0.3) is 0 Å². The van der Waals surface area contributed by atoms with E-state index in [9.17, 15) is 0 Å². The summed E-state index contributed by atoms with van der Waals surface area (Å²) in [5.74, 6) is 1.62. The van der Waals surface area contributed by atoms with Crippen LogP contribution in [0.3, 0.4) is 0 Å². The molecule has 4 nitrogen and oxygen atoms in total. The molecule has 0 aliphatic carbocycles. The smallest absolute Gasteiger partial charge is 0.160 e. The fourth-order valence-corrected chi connectivity index (χ4v) is 1.48. The Kier molecular flexibility index (Phi) is 2.97. The lowest BCUT2D eigenvalue weighted by Gasteiger charge is -2.05. The molecule has 1 N–H and O–H groups in total. The Morgan fingerprint density at radius 2 is 2.20 bits per heavy atom. The van der Waals surface area contributed by atoms with Gasteiger partial charge in [0.15, 0.2) is 11.5 Å². The maximum absolute atomic E-state index is 4.14. The van der Waals surface area contributed by atoms with Crippen LogP contribution in [-0.2, 0) is 6.54 Å². The van der Waals surface area contributed by atoms with Crippen molar-refractivity contribution in [2.24, 2.45) is 5.92 Å². The van der Waals surface area contributed by atoms with Gasteiger partial charge in [-0.2, -0.15) is 0 Å². The highest BCUT2D eigenvalue weighted by molar-refractivity contribution is 5.36. The second-order valence-electron chi connectivity index (χ2n) is 4.07. The molecule has 0 saturated heterocycles. The first-order valence-corrected chi connectivity index (χ1v) is 5.26. The zero-order valence-corrected chi connectivity index (χ0v) is 9.14. The first kappa shape index (κ1) is 10.1. The van der Waals surface area contributed by atoms with Crippen LogP contribution in [0.5, 0.6) is 0 Å². The van der Waals surface area contributed by atoms with Gasteiger partial charge < -0.3 is 5.32 Å². The van der Waals surface area contributed by atoms with Crippen molar-refractivity contribution in [1.29, 1.82) is 0 Å². The maximum Gasteiger partial charge on any atom is 0.160 e. The van der Waals surface area contributed by atoms with Gasteiger partial charge in [0.05, 0.1) is 6.54 Å². The molecule has 0 fully saturated rings. The molecule has 0 atom stereocenters. The number of aromatic nitrogens is 3. The van der Waals surface area contributed by atoms with Gasteiger partial charge in [-0.3, -0.25) is 4.40 Å². The van der Waals surface area contributed by atoms with Gasteiger partial charge in [-0.25, -0.2) is 0 Å². The van der Waals surface area contributed by atoms with Crippen LogP contribution in [0.2, 0.25) is 0 Å². The fraction of sp³-hybridized carbons (Fsp3) is 0.455. The highest BCUT2D eigenvalue weighted by Gasteiger charge is 2.03. The number of fused-ring (bicyclic) bond motifs is 1. The van der Waals surface area contributed by atoms with Crippen molar-refractivity contribution in [1.82, 2.24) is 19.9 Å². The number of nitrogens with zero attached hydrogens (tertiary/aromatic N) is 3. The molecule has 0 bridgehead atoms. The van der Waals surface area contributed by atoms with E-state index in [1.165, 1.54) is 0 Å². The molecule has 4 heteroatoms. The lowest BCUT2D eigenvalue weighted by Crippen LogP contribution is -2.20. The Balaban J connectivity index is 2.08. The van der Waals surface area contributed by atoms with Gasteiger partial charge in [0.1, 0.15) is 0 Å². The summed E-state index contributed by atoms with van der Waals surface area (Å²) in [6.45, 7) is 6.15. The van der Waals surface area contributed by atoms with Crippen molar-refractivity contribution in [3.8, 4) is 0 Å². The van der Waals surface area contributed by atoms with Crippen molar-refractivity contribution < 1.29 is 0 Å². The molecule has 2 aromatic heterocycles. The molecule has 0 amide bonds. The highest BCUT2D eigenvalue weighted by Crippen LogP contribution is 2.02. The standard InChI is InChI=1S/C11H16N4/c1-9(2)7-12-8-11-14-13-10-5-3-4-6-15(10)11/h3-6,9,12H,7-8H2,1-2H3. The summed E-state index contributed by atoms with van der Waals surface area (Å²) in [6, 6.07) is 5.91. The van der Waals surface area contributed by atoms with Crippen LogP contribution in [0, 0.1) is 5.92 Å². The van der Waals surface area contributed by atoms with E-state index in [1.54, 1.807) is 0 Å². The Morgan fingerprint density at radius 3 is 3.00 bits per heavy atom. The lowest BCUT2D eigenvalue weighted by molar-refractivity contribution is 0.541. The summed E-state index contributed by atoms with van der Waals surface area (Å²) >= 11 is 0. The molecule has 0 aliphatic heterocycles. The third-order valence-electron chi connectivity index (χ3n) is 2.22. The van der Waals surface area contributed by atoms with E-state index < -0.39 is 0 Å². The first-order valence-electron chi connectivity index (χ1n) is 5.26. The Labute approximate surface area is 89.3 Å². The third kappa shape index (κ3) is 2.33. The molecule has 0 aromatic carbocycles. The van der Waals surface area contributed by atoms with Gasteiger partial charge in [0.2, 0.25) is 0 Å². The fourth-order valence-electron chi connectivity index (χ4n) is 1.48. The predicted molar refractivity (Wildman–Crippen MR) is 59.5 cm³/mol. The van der Waals surface area contributed by atoms with Gasteiger partial charge in [-0.05, 0) is 24.6 Å². The summed E-state index contributed by atoms with van der Waals surface area (Å²) in [7, 11) is 0. The zero-order chi connectivity index (χ0) is 10.7. The van der Waals surface area contributed by atoms with Crippen LogP contribution in [-0.4, -0.2) is 21.1 Å². The molecule has 0 unspecified atom stereocenters. The molecule has 0 radical (unpaired) electrons. The average Bonchev–Trinajstić information content (AvgIpc) is 2.62. The molecule has 2 rings (SSSR count). The van der Waals surface area contributed by atoms with E-state index in [0.717, 1.165) is 24.6 Å². The van der Waals surface area contributed by atoms with Crippen molar-refractivity contribution in [3.05, 3.63) is 30.2 Å². The van der Waals surface area contributed by atoms with E-state index in [1.807, 2.05) is 28.8 Å². The van der Waals surface area contributed by atoms with E-state index in [-0.39, 0.29) is 0 Å². The number of hydrogen-bond acceptors (Lipinski definition) is 3. The third-order valence-corrected chi connectivity index (χ3v) is 2.22. The molecule has 0 aliphatic rings. The van der Waals surface area contributed by atoms with E-state index in [4.69, 9.17) is 0 Å². The molecule has 15 heavy (non-hydrogen) atoms. The van der Waals surface area contributed by atoms with Crippen LogP contribution in [0.15, 0.2) is 24.4 Å².